The fourth-order valence-electron chi connectivity index (χ4n) is 1.53. The number of carbonyl (C=O) groups is 1. The molecule has 0 atom stereocenters. The lowest BCUT2D eigenvalue weighted by atomic mass is 10.3. The van der Waals surface area contributed by atoms with Gasteiger partial charge in [-0.1, -0.05) is 51.5 Å². The zero-order valence-corrected chi connectivity index (χ0v) is 14.9. The molecule has 0 spiro atoms. The predicted octanol–water partition coefficient (Wildman–Crippen LogP) is 5.73. The van der Waals surface area contributed by atoms with Crippen LogP contribution < -0.4 is 5.32 Å². The molecule has 22 heavy (non-hydrogen) atoms. The molecule has 0 fully saturated rings. The second-order valence-corrected chi connectivity index (χ2v) is 8.41. The molecule has 0 radical (unpaired) electrons. The molecule has 0 saturated heterocycles. The molecule has 0 aliphatic rings. The number of halogens is 4. The Labute approximate surface area is 151 Å². The summed E-state index contributed by atoms with van der Waals surface area (Å²) < 4.78 is 6.92. The number of aromatic nitrogens is 2. The number of anilines is 1. The predicted molar refractivity (Wildman–Crippen MR) is 89.9 cm³/mol. The number of rotatable bonds is 3. The summed E-state index contributed by atoms with van der Waals surface area (Å²) in [4.78, 5) is 12.0. The molecule has 3 rings (SSSR count). The second-order valence-electron chi connectivity index (χ2n) is 3.84. The Bertz CT molecular complexity index is 858. The average Bonchev–Trinajstić information content (AvgIpc) is 3.10. The van der Waals surface area contributed by atoms with Crippen LogP contribution >= 0.6 is 69.1 Å². The Morgan fingerprint density at radius 3 is 2.32 bits per heavy atom. The maximum atomic E-state index is 12.0. The standard InChI is InChI=1S/C11H3Cl4N3O2S2/c12-5-1-3(7(14)21-5)9(19)16-11-18-17-10(20-11)4-2-6(13)22-8(4)15/h1-2H,(H,16,18,19). The van der Waals surface area contributed by atoms with Crippen molar-refractivity contribution in [3.8, 4) is 11.5 Å². The van der Waals surface area contributed by atoms with Gasteiger partial charge in [0, 0.05) is 0 Å². The summed E-state index contributed by atoms with van der Waals surface area (Å²) in [7, 11) is 0. The van der Waals surface area contributed by atoms with Gasteiger partial charge in [-0.2, -0.15) is 0 Å². The molecule has 1 N–H and O–H groups in total. The van der Waals surface area contributed by atoms with Crippen LogP contribution in [0.5, 0.6) is 0 Å². The van der Waals surface area contributed by atoms with Gasteiger partial charge < -0.3 is 4.42 Å². The first-order chi connectivity index (χ1) is 10.4. The number of thiophene rings is 2. The lowest BCUT2D eigenvalue weighted by Gasteiger charge is -1.97. The van der Waals surface area contributed by atoms with Crippen LogP contribution in [0, 0.1) is 0 Å². The lowest BCUT2D eigenvalue weighted by molar-refractivity contribution is 0.102. The summed E-state index contributed by atoms with van der Waals surface area (Å²) in [6.07, 6.45) is 0. The van der Waals surface area contributed by atoms with Crippen molar-refractivity contribution in [1.29, 1.82) is 0 Å². The summed E-state index contributed by atoms with van der Waals surface area (Å²) in [6.45, 7) is 0. The van der Waals surface area contributed by atoms with E-state index in [2.05, 4.69) is 15.5 Å². The van der Waals surface area contributed by atoms with Crippen LogP contribution in [0.15, 0.2) is 16.5 Å². The van der Waals surface area contributed by atoms with E-state index in [9.17, 15) is 4.79 Å². The van der Waals surface area contributed by atoms with E-state index in [1.54, 1.807) is 6.07 Å². The summed E-state index contributed by atoms with van der Waals surface area (Å²) in [5.41, 5.74) is 0.731. The fourth-order valence-corrected chi connectivity index (χ4v) is 4.43. The minimum absolute atomic E-state index is 0.0863. The summed E-state index contributed by atoms with van der Waals surface area (Å²) in [6, 6.07) is 2.97. The van der Waals surface area contributed by atoms with Crippen molar-refractivity contribution >= 4 is 81.0 Å². The quantitative estimate of drug-likeness (QED) is 0.594. The van der Waals surface area contributed by atoms with Crippen molar-refractivity contribution in [2.24, 2.45) is 0 Å². The summed E-state index contributed by atoms with van der Waals surface area (Å²) in [5.74, 6) is -0.351. The van der Waals surface area contributed by atoms with E-state index in [1.165, 1.54) is 17.4 Å². The van der Waals surface area contributed by atoms with Gasteiger partial charge in [-0.3, -0.25) is 10.1 Å². The molecule has 1 amide bonds. The highest BCUT2D eigenvalue weighted by Crippen LogP contribution is 2.38. The first-order valence-corrected chi connectivity index (χ1v) is 8.63. The van der Waals surface area contributed by atoms with Gasteiger partial charge in [0.2, 0.25) is 0 Å². The maximum Gasteiger partial charge on any atom is 0.322 e. The van der Waals surface area contributed by atoms with Gasteiger partial charge in [-0.05, 0) is 12.1 Å². The van der Waals surface area contributed by atoms with Crippen LogP contribution in [0.1, 0.15) is 10.4 Å². The normalized spacial score (nSPS) is 10.9. The van der Waals surface area contributed by atoms with E-state index in [0.29, 0.717) is 18.6 Å². The molecule has 3 aromatic heterocycles. The van der Waals surface area contributed by atoms with Gasteiger partial charge in [0.15, 0.2) is 0 Å². The molecule has 0 aliphatic carbocycles. The molecule has 0 saturated carbocycles. The lowest BCUT2D eigenvalue weighted by Crippen LogP contribution is -2.11. The molecular weight excluding hydrogens is 412 g/mol. The molecule has 3 heterocycles. The Morgan fingerprint density at radius 2 is 1.73 bits per heavy atom. The molecule has 3 aromatic rings. The molecule has 114 valence electrons. The zero-order chi connectivity index (χ0) is 15.9. The topological polar surface area (TPSA) is 68.0 Å². The third kappa shape index (κ3) is 3.24. The molecule has 0 bridgehead atoms. The van der Waals surface area contributed by atoms with Crippen molar-refractivity contribution < 1.29 is 9.21 Å². The molecule has 0 unspecified atom stereocenters. The van der Waals surface area contributed by atoms with Gasteiger partial charge in [0.25, 0.3) is 11.8 Å². The van der Waals surface area contributed by atoms with Gasteiger partial charge in [0.1, 0.15) is 8.67 Å². The van der Waals surface area contributed by atoms with Crippen molar-refractivity contribution in [3.05, 3.63) is 35.0 Å². The van der Waals surface area contributed by atoms with Crippen LogP contribution in [0.25, 0.3) is 11.5 Å². The van der Waals surface area contributed by atoms with Crippen LogP contribution in [0.2, 0.25) is 17.3 Å². The van der Waals surface area contributed by atoms with Crippen molar-refractivity contribution in [2.75, 3.05) is 5.32 Å². The van der Waals surface area contributed by atoms with Crippen molar-refractivity contribution in [2.45, 2.75) is 0 Å². The van der Waals surface area contributed by atoms with Crippen LogP contribution in [0.3, 0.4) is 0 Å². The minimum Gasteiger partial charge on any atom is -0.403 e. The molecule has 5 nitrogen and oxygen atoms in total. The third-order valence-electron chi connectivity index (χ3n) is 2.43. The van der Waals surface area contributed by atoms with Gasteiger partial charge in [-0.15, -0.1) is 27.8 Å². The SMILES string of the molecule is O=C(Nc1nnc(-c2cc(Cl)sc2Cl)o1)c1cc(Cl)sc1Cl. The van der Waals surface area contributed by atoms with Crippen LogP contribution in [0.4, 0.5) is 6.01 Å². The third-order valence-corrected chi connectivity index (χ3v) is 5.41. The summed E-state index contributed by atoms with van der Waals surface area (Å²) >= 11 is 25.8. The number of nitrogens with one attached hydrogen (secondary N) is 1. The Balaban J connectivity index is 1.81. The van der Waals surface area contributed by atoms with E-state index >= 15 is 0 Å². The number of hydrogen-bond acceptors (Lipinski definition) is 6. The van der Waals surface area contributed by atoms with E-state index in [0.717, 1.165) is 11.3 Å². The highest BCUT2D eigenvalue weighted by molar-refractivity contribution is 7.20. The Hall–Kier alpha value is -0.830. The first-order valence-electron chi connectivity index (χ1n) is 5.49. The van der Waals surface area contributed by atoms with Gasteiger partial charge >= 0.3 is 6.01 Å². The molecule has 0 aliphatic heterocycles. The maximum absolute atomic E-state index is 12.0. The first kappa shape index (κ1) is 16.0. The Kier molecular flexibility index (Phi) is 4.63. The number of hydrogen-bond donors (Lipinski definition) is 1. The van der Waals surface area contributed by atoms with Crippen molar-refractivity contribution in [1.82, 2.24) is 10.2 Å². The molecule has 0 aromatic carbocycles. The highest BCUT2D eigenvalue weighted by Gasteiger charge is 2.19. The van der Waals surface area contributed by atoms with Crippen molar-refractivity contribution in [3.63, 3.8) is 0 Å². The number of carbonyl (C=O) groups excluding carboxylic acids is 1. The zero-order valence-electron chi connectivity index (χ0n) is 10.2. The second kappa shape index (κ2) is 6.35. The smallest absolute Gasteiger partial charge is 0.322 e. The largest absolute Gasteiger partial charge is 0.403 e. The van der Waals surface area contributed by atoms with Crippen LogP contribution in [-0.4, -0.2) is 16.1 Å². The minimum atomic E-state index is -0.502. The number of nitrogens with zero attached hydrogens (tertiary/aromatic N) is 2. The van der Waals surface area contributed by atoms with E-state index in [-0.39, 0.29) is 21.8 Å². The monoisotopic (exact) mass is 413 g/mol. The number of amides is 1. The van der Waals surface area contributed by atoms with Gasteiger partial charge in [-0.25, -0.2) is 0 Å². The van der Waals surface area contributed by atoms with Gasteiger partial charge in [0.05, 0.1) is 19.8 Å². The van der Waals surface area contributed by atoms with E-state index < -0.39 is 5.91 Å². The van der Waals surface area contributed by atoms with Crippen LogP contribution in [-0.2, 0) is 0 Å². The Morgan fingerprint density at radius 1 is 1.05 bits per heavy atom. The molecular formula is C11H3Cl4N3O2S2. The fraction of sp³-hybridized carbons (Fsp3) is 0. The van der Waals surface area contributed by atoms with E-state index in [1.807, 2.05) is 0 Å². The average molecular weight is 415 g/mol. The highest BCUT2D eigenvalue weighted by atomic mass is 35.5. The van der Waals surface area contributed by atoms with E-state index in [4.69, 9.17) is 50.8 Å². The molecule has 11 heteroatoms. The summed E-state index contributed by atoms with van der Waals surface area (Å²) in [5, 5.41) is 9.98.